The Labute approximate surface area is 181 Å². The summed E-state index contributed by atoms with van der Waals surface area (Å²) in [5.74, 6) is -0.0323. The van der Waals surface area contributed by atoms with Gasteiger partial charge in [-0.05, 0) is 35.7 Å². The molecule has 0 rings (SSSR count). The molecule has 0 aliphatic carbocycles. The maximum Gasteiger partial charge on any atom is 0.427 e. The first-order valence-electron chi connectivity index (χ1n) is 6.68. The molecule has 0 aliphatic heterocycles. The van der Waals surface area contributed by atoms with Gasteiger partial charge in [0.2, 0.25) is 0 Å². The summed E-state index contributed by atoms with van der Waals surface area (Å²) in [4.78, 5) is 11.6. The Kier molecular flexibility index (Phi) is 12.4. The summed E-state index contributed by atoms with van der Waals surface area (Å²) in [5.41, 5.74) is 0. The van der Waals surface area contributed by atoms with Gasteiger partial charge in [0.15, 0.2) is 0 Å². The summed E-state index contributed by atoms with van der Waals surface area (Å²) in [7, 11) is 0. The van der Waals surface area contributed by atoms with E-state index < -0.39 is 16.6 Å². The highest BCUT2D eigenvalue weighted by molar-refractivity contribution is 8.13. The molecule has 0 fully saturated rings. The SMILES string of the molecule is CC(C)C(SN(SC(C(Cl)=C(Cl)Cl)C(C)C)C(=O)O)C(Cl)=C(Cl)Cl. The number of halogens is 6. The Balaban J connectivity index is 5.54. The van der Waals surface area contributed by atoms with Crippen molar-refractivity contribution in [2.75, 3.05) is 0 Å². The molecular weight excluding hydrogens is 479 g/mol. The van der Waals surface area contributed by atoms with Crippen LogP contribution in [0.5, 0.6) is 0 Å². The molecular formula is C13H17Cl6NO2S2. The smallest absolute Gasteiger partial charge is 0.427 e. The van der Waals surface area contributed by atoms with Crippen molar-refractivity contribution in [2.45, 2.75) is 38.2 Å². The second-order valence-electron chi connectivity index (χ2n) is 5.30. The molecule has 140 valence electrons. The van der Waals surface area contributed by atoms with Crippen molar-refractivity contribution in [1.29, 1.82) is 0 Å². The fraction of sp³-hybridized carbons (Fsp3) is 0.615. The highest BCUT2D eigenvalue weighted by Gasteiger charge is 2.31. The normalized spacial score (nSPS) is 13.7. The van der Waals surface area contributed by atoms with Crippen LogP contribution < -0.4 is 0 Å². The van der Waals surface area contributed by atoms with Crippen LogP contribution in [0.25, 0.3) is 0 Å². The van der Waals surface area contributed by atoms with Crippen molar-refractivity contribution in [1.82, 2.24) is 3.71 Å². The van der Waals surface area contributed by atoms with Gasteiger partial charge in [-0.15, -0.1) is 0 Å². The minimum Gasteiger partial charge on any atom is -0.464 e. The molecule has 0 bridgehead atoms. The molecule has 11 heteroatoms. The third-order valence-corrected chi connectivity index (χ3v) is 8.18. The van der Waals surface area contributed by atoms with Gasteiger partial charge in [-0.1, -0.05) is 97.3 Å². The number of carboxylic acid groups (broad SMARTS) is 1. The second-order valence-corrected chi connectivity index (χ2v) is 10.4. The van der Waals surface area contributed by atoms with Gasteiger partial charge in [0.05, 0.1) is 20.6 Å². The molecule has 1 amide bonds. The lowest BCUT2D eigenvalue weighted by molar-refractivity contribution is 0.190. The number of nitrogens with zero attached hydrogens (tertiary/aromatic N) is 1. The molecule has 0 saturated carbocycles. The summed E-state index contributed by atoms with van der Waals surface area (Å²) < 4.78 is 0.869. The van der Waals surface area contributed by atoms with Crippen molar-refractivity contribution >= 4 is 99.6 Å². The number of hydrogen-bond acceptors (Lipinski definition) is 3. The summed E-state index contributed by atoms with van der Waals surface area (Å²) in [5, 5.41) is 8.99. The fourth-order valence-electron chi connectivity index (χ4n) is 1.46. The maximum atomic E-state index is 11.6. The number of rotatable bonds is 8. The molecule has 0 aliphatic rings. The molecule has 24 heavy (non-hydrogen) atoms. The number of hydrogen-bond donors (Lipinski definition) is 1. The lowest BCUT2D eigenvalue weighted by atomic mass is 10.1. The van der Waals surface area contributed by atoms with E-state index in [1.54, 1.807) is 0 Å². The van der Waals surface area contributed by atoms with Crippen LogP contribution in [-0.4, -0.2) is 25.4 Å². The minimum atomic E-state index is -1.17. The van der Waals surface area contributed by atoms with E-state index in [1.165, 1.54) is 0 Å². The average Bonchev–Trinajstić information content (AvgIpc) is 2.44. The van der Waals surface area contributed by atoms with Gasteiger partial charge >= 0.3 is 6.09 Å². The summed E-state index contributed by atoms with van der Waals surface area (Å²) in [6.07, 6.45) is -1.17. The Bertz CT molecular complexity index is 467. The topological polar surface area (TPSA) is 40.5 Å². The molecule has 0 aromatic carbocycles. The van der Waals surface area contributed by atoms with Crippen LogP contribution in [0.3, 0.4) is 0 Å². The lowest BCUT2D eigenvalue weighted by Crippen LogP contribution is -2.27. The Morgan fingerprint density at radius 2 is 1.08 bits per heavy atom. The molecule has 2 unspecified atom stereocenters. The first-order valence-corrected chi connectivity index (χ1v) is 10.6. The third kappa shape index (κ3) is 8.26. The summed E-state index contributed by atoms with van der Waals surface area (Å²) >= 11 is 37.2. The molecule has 0 aromatic heterocycles. The predicted octanol–water partition coefficient (Wildman–Crippen LogP) is 8.08. The quantitative estimate of drug-likeness (QED) is 0.345. The largest absolute Gasteiger partial charge is 0.464 e. The zero-order valence-corrected chi connectivity index (χ0v) is 19.4. The monoisotopic (exact) mass is 493 g/mol. The fourth-order valence-corrected chi connectivity index (χ4v) is 5.19. The predicted molar refractivity (Wildman–Crippen MR) is 111 cm³/mol. The van der Waals surface area contributed by atoms with Crippen molar-refractivity contribution in [3.05, 3.63) is 19.0 Å². The van der Waals surface area contributed by atoms with Gasteiger partial charge < -0.3 is 5.11 Å². The Hall–Kier alpha value is 1.19. The summed E-state index contributed by atoms with van der Waals surface area (Å²) in [6, 6.07) is 0. The van der Waals surface area contributed by atoms with E-state index in [-0.39, 0.29) is 30.9 Å². The van der Waals surface area contributed by atoms with E-state index in [0.717, 1.165) is 27.6 Å². The summed E-state index contributed by atoms with van der Waals surface area (Å²) in [6.45, 7) is 7.52. The van der Waals surface area contributed by atoms with Gasteiger partial charge in [-0.2, -0.15) is 3.71 Å². The second kappa shape index (κ2) is 11.8. The van der Waals surface area contributed by atoms with E-state index in [9.17, 15) is 9.90 Å². The zero-order chi connectivity index (χ0) is 19.2. The van der Waals surface area contributed by atoms with Gasteiger partial charge in [-0.3, -0.25) is 0 Å². The van der Waals surface area contributed by atoms with Crippen LogP contribution in [-0.2, 0) is 0 Å². The molecule has 0 spiro atoms. The highest BCUT2D eigenvalue weighted by atomic mass is 35.5. The molecule has 0 saturated heterocycles. The lowest BCUT2D eigenvalue weighted by Gasteiger charge is -2.29. The van der Waals surface area contributed by atoms with E-state index in [2.05, 4.69) is 0 Å². The molecule has 2 atom stereocenters. The molecule has 0 aromatic rings. The molecule has 3 nitrogen and oxygen atoms in total. The zero-order valence-electron chi connectivity index (χ0n) is 13.2. The van der Waals surface area contributed by atoms with Gasteiger partial charge in [0, 0.05) is 0 Å². The first kappa shape index (κ1) is 25.2. The highest BCUT2D eigenvalue weighted by Crippen LogP contribution is 2.43. The van der Waals surface area contributed by atoms with Crippen molar-refractivity contribution in [3.63, 3.8) is 0 Å². The van der Waals surface area contributed by atoms with E-state index in [1.807, 2.05) is 27.7 Å². The van der Waals surface area contributed by atoms with Gasteiger partial charge in [-0.25, -0.2) is 4.79 Å². The van der Waals surface area contributed by atoms with Crippen LogP contribution >= 0.6 is 93.5 Å². The number of carbonyl (C=O) groups is 1. The molecule has 0 radical (unpaired) electrons. The standard InChI is InChI=1S/C13H17Cl6NO2S2/c1-5(2)9(7(14)11(16)17)23-20(13(21)22)24-10(6(3)4)8(15)12(18)19/h5-6,9-10H,1-4H3,(H,21,22). The minimum absolute atomic E-state index is 0.0161. The van der Waals surface area contributed by atoms with E-state index >= 15 is 0 Å². The van der Waals surface area contributed by atoms with Crippen LogP contribution in [0, 0.1) is 11.8 Å². The van der Waals surface area contributed by atoms with Gasteiger partial charge in [0.25, 0.3) is 0 Å². The maximum absolute atomic E-state index is 11.6. The molecule has 1 N–H and O–H groups in total. The third-order valence-electron chi connectivity index (χ3n) is 2.65. The average molecular weight is 496 g/mol. The Morgan fingerprint density at radius 3 is 1.25 bits per heavy atom. The van der Waals surface area contributed by atoms with Crippen molar-refractivity contribution < 1.29 is 9.90 Å². The van der Waals surface area contributed by atoms with Crippen molar-refractivity contribution in [2.24, 2.45) is 11.8 Å². The van der Waals surface area contributed by atoms with Crippen molar-refractivity contribution in [3.8, 4) is 0 Å². The number of amides is 1. The first-order chi connectivity index (χ1) is 10.9. The van der Waals surface area contributed by atoms with Crippen LogP contribution in [0.1, 0.15) is 27.7 Å². The van der Waals surface area contributed by atoms with E-state index in [4.69, 9.17) is 69.6 Å². The van der Waals surface area contributed by atoms with Crippen LogP contribution in [0.4, 0.5) is 4.79 Å². The van der Waals surface area contributed by atoms with E-state index in [0.29, 0.717) is 0 Å². The van der Waals surface area contributed by atoms with Crippen LogP contribution in [0.2, 0.25) is 0 Å². The van der Waals surface area contributed by atoms with Crippen LogP contribution in [0.15, 0.2) is 19.0 Å². The molecule has 0 heterocycles. The van der Waals surface area contributed by atoms with Gasteiger partial charge in [0.1, 0.15) is 8.98 Å². The Morgan fingerprint density at radius 1 is 0.792 bits per heavy atom.